The van der Waals surface area contributed by atoms with Gasteiger partial charge in [-0.15, -0.1) is 0 Å². The Morgan fingerprint density at radius 1 is 0.241 bits per heavy atom. The molecule has 83 heavy (non-hydrogen) atoms. The molecule has 0 N–H and O–H groups in total. The Morgan fingerprint density at radius 2 is 0.458 bits per heavy atom. The molecule has 0 saturated heterocycles. The Labute approximate surface area is 516 Å². The Bertz CT molecular complexity index is 1520. The van der Waals surface area contributed by atoms with Gasteiger partial charge in [0.1, 0.15) is 13.2 Å². The van der Waals surface area contributed by atoms with Crippen LogP contribution < -0.4 is 0 Å². The number of unbranched alkanes of at least 4 members (excludes halogenated alkanes) is 44. The normalized spacial score (nSPS) is 12.5. The van der Waals surface area contributed by atoms with E-state index in [9.17, 15) is 14.4 Å². The van der Waals surface area contributed by atoms with E-state index in [1.165, 1.54) is 231 Å². The second kappa shape index (κ2) is 71.3. The Hall–Kier alpha value is -3.15. The van der Waals surface area contributed by atoms with E-state index in [0.29, 0.717) is 19.3 Å². The van der Waals surface area contributed by atoms with E-state index in [4.69, 9.17) is 14.2 Å². The van der Waals surface area contributed by atoms with Crippen molar-refractivity contribution in [3.8, 4) is 0 Å². The number of hydrogen-bond acceptors (Lipinski definition) is 6. The maximum absolute atomic E-state index is 12.9. The third kappa shape index (κ3) is 69.5. The van der Waals surface area contributed by atoms with Crippen LogP contribution in [0.25, 0.3) is 0 Å². The molecule has 0 spiro atoms. The summed E-state index contributed by atoms with van der Waals surface area (Å²) in [5, 5.41) is 0. The number of ether oxygens (including phenoxy) is 3. The maximum atomic E-state index is 12.9. The molecule has 6 nitrogen and oxygen atoms in total. The molecule has 0 aromatic carbocycles. The molecule has 0 rings (SSSR count). The summed E-state index contributed by atoms with van der Waals surface area (Å²) < 4.78 is 17.0. The van der Waals surface area contributed by atoms with Crippen LogP contribution in [0.5, 0.6) is 0 Å². The van der Waals surface area contributed by atoms with Gasteiger partial charge in [0.2, 0.25) is 0 Å². The molecular weight excluding hydrogens is 1020 g/mol. The van der Waals surface area contributed by atoms with Crippen LogP contribution in [0.4, 0.5) is 0 Å². The highest BCUT2D eigenvalue weighted by molar-refractivity contribution is 5.71. The Kier molecular flexibility index (Phi) is 68.6. The summed E-state index contributed by atoms with van der Waals surface area (Å²) in [5.41, 5.74) is 0. The summed E-state index contributed by atoms with van der Waals surface area (Å²) >= 11 is 0. The Morgan fingerprint density at radius 3 is 0.759 bits per heavy atom. The summed E-state index contributed by atoms with van der Waals surface area (Å²) in [6, 6.07) is 0. The predicted molar refractivity (Wildman–Crippen MR) is 362 cm³/mol. The van der Waals surface area contributed by atoms with Crippen LogP contribution in [0.3, 0.4) is 0 Å². The average Bonchev–Trinajstić information content (AvgIpc) is 3.49. The quantitative estimate of drug-likeness (QED) is 0.0261. The minimum atomic E-state index is -0.789. The molecule has 1 atom stereocenters. The molecule has 0 aliphatic rings. The minimum absolute atomic E-state index is 0.0824. The summed E-state index contributed by atoms with van der Waals surface area (Å²) in [5.74, 6) is -0.891. The van der Waals surface area contributed by atoms with Crippen LogP contribution in [-0.2, 0) is 28.6 Å². The van der Waals surface area contributed by atoms with Gasteiger partial charge in [0.25, 0.3) is 0 Å². The number of carbonyl (C=O) groups excluding carboxylic acids is 3. The van der Waals surface area contributed by atoms with Gasteiger partial charge in [0, 0.05) is 19.3 Å². The van der Waals surface area contributed by atoms with E-state index in [1.54, 1.807) is 0 Å². The van der Waals surface area contributed by atoms with Gasteiger partial charge in [-0.1, -0.05) is 325 Å². The molecule has 1 unspecified atom stereocenters. The van der Waals surface area contributed by atoms with Crippen molar-refractivity contribution in [2.24, 2.45) is 0 Å². The van der Waals surface area contributed by atoms with Crippen molar-refractivity contribution < 1.29 is 28.6 Å². The molecule has 0 fully saturated rings. The molecule has 0 radical (unpaired) electrons. The third-order valence-electron chi connectivity index (χ3n) is 16.1. The topological polar surface area (TPSA) is 78.9 Å². The molecule has 0 heterocycles. The first-order chi connectivity index (χ1) is 41.0. The lowest BCUT2D eigenvalue weighted by atomic mass is 10.0. The van der Waals surface area contributed by atoms with E-state index in [-0.39, 0.29) is 31.1 Å². The summed E-state index contributed by atoms with van der Waals surface area (Å²) in [6.07, 6.45) is 93.8. The molecule has 0 aromatic heterocycles. The van der Waals surface area contributed by atoms with Gasteiger partial charge in [-0.25, -0.2) is 0 Å². The SMILES string of the molecule is CCC/C=C\C/C=C\CCCCCCCC(=O)OCC(COC(=O)CCCCCCCCCCCCCCCCCCCCCCC/C=C\CCCCCCCCCC)OC(=O)CCCCCCCC/C=C\C/C=C\C/C=C\CCCCC. The van der Waals surface area contributed by atoms with Gasteiger partial charge in [0.05, 0.1) is 0 Å². The van der Waals surface area contributed by atoms with Gasteiger partial charge >= 0.3 is 17.9 Å². The van der Waals surface area contributed by atoms with Crippen molar-refractivity contribution in [1.29, 1.82) is 0 Å². The van der Waals surface area contributed by atoms with Crippen molar-refractivity contribution in [3.05, 3.63) is 72.9 Å². The first kappa shape index (κ1) is 79.8. The lowest BCUT2D eigenvalue weighted by Gasteiger charge is -2.18. The van der Waals surface area contributed by atoms with Gasteiger partial charge in [-0.05, 0) is 109 Å². The monoisotopic (exact) mass is 1160 g/mol. The second-order valence-electron chi connectivity index (χ2n) is 24.5. The van der Waals surface area contributed by atoms with Crippen molar-refractivity contribution >= 4 is 17.9 Å². The van der Waals surface area contributed by atoms with Crippen LogP contribution in [0, 0.1) is 0 Å². The second-order valence-corrected chi connectivity index (χ2v) is 24.5. The van der Waals surface area contributed by atoms with E-state index in [2.05, 4.69) is 93.7 Å². The zero-order valence-corrected chi connectivity index (χ0v) is 55.5. The molecule has 482 valence electrons. The smallest absolute Gasteiger partial charge is 0.306 e. The van der Waals surface area contributed by atoms with E-state index >= 15 is 0 Å². The van der Waals surface area contributed by atoms with Gasteiger partial charge in [-0.2, -0.15) is 0 Å². The van der Waals surface area contributed by atoms with Gasteiger partial charge in [-0.3, -0.25) is 14.4 Å². The van der Waals surface area contributed by atoms with Crippen LogP contribution in [0.15, 0.2) is 72.9 Å². The lowest BCUT2D eigenvalue weighted by molar-refractivity contribution is -0.167. The predicted octanol–water partition coefficient (Wildman–Crippen LogP) is 25.2. The van der Waals surface area contributed by atoms with Gasteiger partial charge in [0.15, 0.2) is 6.10 Å². The summed E-state index contributed by atoms with van der Waals surface area (Å²) in [7, 11) is 0. The zero-order chi connectivity index (χ0) is 59.9. The third-order valence-corrected chi connectivity index (χ3v) is 16.1. The van der Waals surface area contributed by atoms with E-state index < -0.39 is 6.10 Å². The summed E-state index contributed by atoms with van der Waals surface area (Å²) in [6.45, 7) is 6.57. The molecule has 0 saturated carbocycles. The van der Waals surface area contributed by atoms with Crippen LogP contribution in [0.1, 0.15) is 380 Å². The van der Waals surface area contributed by atoms with E-state index in [1.807, 2.05) is 0 Å². The molecule has 0 amide bonds. The molecule has 0 aliphatic carbocycles. The number of rotatable bonds is 67. The number of esters is 3. The average molecular weight is 1160 g/mol. The standard InChI is InChI=1S/C77H138O6/c1-4-7-10-13-16-19-22-25-27-29-31-32-33-34-35-36-37-38-39-40-41-42-43-44-46-47-49-52-55-58-61-64-67-70-76(79)82-73-74(72-81-75(78)69-66-63-60-57-54-51-24-21-18-15-12-9-6-3)83-77(80)71-68-65-62-59-56-53-50-48-45-30-28-26-23-20-17-14-11-8-5-2/h12,15,17,20-21,24,26,28-29,31,45,48,74H,4-11,13-14,16,18-19,22-23,25,27,30,32-44,46-47,49-73H2,1-3H3/b15-12-,20-17-,24-21-,28-26-,31-29-,48-45-. The highest BCUT2D eigenvalue weighted by Crippen LogP contribution is 2.18. The van der Waals surface area contributed by atoms with Crippen molar-refractivity contribution in [1.82, 2.24) is 0 Å². The molecule has 0 aromatic rings. The first-order valence-corrected chi connectivity index (χ1v) is 36.4. The highest BCUT2D eigenvalue weighted by Gasteiger charge is 2.19. The fraction of sp³-hybridized carbons (Fsp3) is 0.805. The Balaban J connectivity index is 4.16. The fourth-order valence-corrected chi connectivity index (χ4v) is 10.7. The molecule has 0 aliphatic heterocycles. The molecule has 6 heteroatoms. The number of hydrogen-bond donors (Lipinski definition) is 0. The zero-order valence-electron chi connectivity index (χ0n) is 55.5. The summed E-state index contributed by atoms with van der Waals surface area (Å²) in [4.78, 5) is 38.4. The van der Waals surface area contributed by atoms with Crippen molar-refractivity contribution in [2.75, 3.05) is 13.2 Å². The number of carbonyl (C=O) groups is 3. The largest absolute Gasteiger partial charge is 0.462 e. The lowest BCUT2D eigenvalue weighted by Crippen LogP contribution is -2.30. The maximum Gasteiger partial charge on any atom is 0.306 e. The van der Waals surface area contributed by atoms with E-state index in [0.717, 1.165) is 109 Å². The fourth-order valence-electron chi connectivity index (χ4n) is 10.7. The van der Waals surface area contributed by atoms with Crippen LogP contribution in [-0.4, -0.2) is 37.2 Å². The van der Waals surface area contributed by atoms with Crippen molar-refractivity contribution in [3.63, 3.8) is 0 Å². The molecular formula is C77H138O6. The van der Waals surface area contributed by atoms with Crippen molar-refractivity contribution in [2.45, 2.75) is 386 Å². The first-order valence-electron chi connectivity index (χ1n) is 36.4. The minimum Gasteiger partial charge on any atom is -0.462 e. The van der Waals surface area contributed by atoms with Crippen LogP contribution in [0.2, 0.25) is 0 Å². The highest BCUT2D eigenvalue weighted by atomic mass is 16.6. The van der Waals surface area contributed by atoms with Gasteiger partial charge < -0.3 is 14.2 Å². The number of allylic oxidation sites excluding steroid dienone is 12. The molecule has 0 bridgehead atoms. The van der Waals surface area contributed by atoms with Crippen LogP contribution >= 0.6 is 0 Å².